The van der Waals surface area contributed by atoms with Crippen molar-refractivity contribution in [1.82, 2.24) is 4.90 Å². The Morgan fingerprint density at radius 1 is 1.00 bits per heavy atom. The summed E-state index contributed by atoms with van der Waals surface area (Å²) in [7, 11) is 4.67. The van der Waals surface area contributed by atoms with Gasteiger partial charge in [0.2, 0.25) is 11.7 Å². The Morgan fingerprint density at radius 3 is 2.17 bits per heavy atom. The smallest absolute Gasteiger partial charge is 0.238 e. The molecule has 3 rings (SSSR count). The van der Waals surface area contributed by atoms with E-state index in [0.29, 0.717) is 35.4 Å². The van der Waals surface area contributed by atoms with Crippen molar-refractivity contribution in [3.8, 4) is 17.2 Å². The Balaban J connectivity index is 1.51. The Labute approximate surface area is 172 Å². The first-order chi connectivity index (χ1) is 14.1. The van der Waals surface area contributed by atoms with Crippen molar-refractivity contribution < 1.29 is 19.0 Å². The number of ether oxygens (including phenoxy) is 3. The molecule has 0 aliphatic carbocycles. The molecule has 1 N–H and O–H groups in total. The van der Waals surface area contributed by atoms with Crippen molar-refractivity contribution >= 4 is 11.6 Å². The minimum atomic E-state index is -0.0409. The molecule has 0 saturated carbocycles. The van der Waals surface area contributed by atoms with Gasteiger partial charge in [-0.05, 0) is 43.8 Å². The normalized spacial score (nSPS) is 15.0. The number of nitrogens with zero attached hydrogens (tertiary/aromatic N) is 1. The number of hydrogen-bond acceptors (Lipinski definition) is 5. The van der Waals surface area contributed by atoms with Crippen LogP contribution in [0.1, 0.15) is 18.4 Å². The summed E-state index contributed by atoms with van der Waals surface area (Å²) in [5, 5.41) is 2.94. The van der Waals surface area contributed by atoms with Crippen molar-refractivity contribution in [2.24, 2.45) is 5.92 Å². The minimum Gasteiger partial charge on any atom is -0.493 e. The number of anilines is 1. The van der Waals surface area contributed by atoms with E-state index in [4.69, 9.17) is 14.2 Å². The second-order valence-corrected chi connectivity index (χ2v) is 7.37. The van der Waals surface area contributed by atoms with Crippen LogP contribution in [0.5, 0.6) is 17.2 Å². The first kappa shape index (κ1) is 21.0. The predicted molar refractivity (Wildman–Crippen MR) is 114 cm³/mol. The van der Waals surface area contributed by atoms with Gasteiger partial charge in [0.25, 0.3) is 0 Å². The van der Waals surface area contributed by atoms with E-state index in [9.17, 15) is 4.79 Å². The molecule has 0 spiro atoms. The fraction of sp³-hybridized carbons (Fsp3) is 0.435. The third-order valence-corrected chi connectivity index (χ3v) is 5.39. The third-order valence-electron chi connectivity index (χ3n) is 5.39. The Morgan fingerprint density at radius 2 is 1.62 bits per heavy atom. The summed E-state index contributed by atoms with van der Waals surface area (Å²) < 4.78 is 16.0. The Hall–Kier alpha value is -2.73. The summed E-state index contributed by atoms with van der Waals surface area (Å²) in [6.45, 7) is 2.27. The number of amides is 1. The highest BCUT2D eigenvalue weighted by atomic mass is 16.5. The minimum absolute atomic E-state index is 0.0409. The van der Waals surface area contributed by atoms with E-state index in [1.807, 2.05) is 0 Å². The highest BCUT2D eigenvalue weighted by Crippen LogP contribution is 2.39. The standard InChI is InChI=1S/C23H30N2O4/c1-27-20-14-19(15-21(28-2)23(20)29-3)24-22(26)16-25-11-9-18(10-12-25)13-17-7-5-4-6-8-17/h4-8,14-15,18H,9-13,16H2,1-3H3,(H,24,26). The zero-order valence-electron chi connectivity index (χ0n) is 17.4. The van der Waals surface area contributed by atoms with Crippen LogP contribution in [-0.4, -0.2) is 51.8 Å². The average Bonchev–Trinajstić information content (AvgIpc) is 2.75. The summed E-state index contributed by atoms with van der Waals surface area (Å²) >= 11 is 0. The van der Waals surface area contributed by atoms with Gasteiger partial charge in [-0.25, -0.2) is 0 Å². The van der Waals surface area contributed by atoms with Gasteiger partial charge in [0.05, 0.1) is 27.9 Å². The Kier molecular flexibility index (Phi) is 7.36. The van der Waals surface area contributed by atoms with Crippen molar-refractivity contribution in [3.63, 3.8) is 0 Å². The van der Waals surface area contributed by atoms with Gasteiger partial charge in [0.15, 0.2) is 11.5 Å². The predicted octanol–water partition coefficient (Wildman–Crippen LogP) is 3.61. The highest BCUT2D eigenvalue weighted by molar-refractivity contribution is 5.93. The molecule has 1 amide bonds. The number of carbonyl (C=O) groups is 1. The van der Waals surface area contributed by atoms with E-state index < -0.39 is 0 Å². The van der Waals surface area contributed by atoms with Crippen LogP contribution in [0.25, 0.3) is 0 Å². The van der Waals surface area contributed by atoms with Crippen molar-refractivity contribution in [2.45, 2.75) is 19.3 Å². The molecular weight excluding hydrogens is 368 g/mol. The summed E-state index contributed by atoms with van der Waals surface area (Å²) in [6, 6.07) is 14.1. The number of benzene rings is 2. The Bertz CT molecular complexity index is 777. The molecule has 1 aliphatic heterocycles. The lowest BCUT2D eigenvalue weighted by atomic mass is 9.90. The molecule has 0 atom stereocenters. The maximum atomic E-state index is 12.5. The van der Waals surface area contributed by atoms with Crippen LogP contribution in [0.2, 0.25) is 0 Å². The van der Waals surface area contributed by atoms with E-state index >= 15 is 0 Å². The summed E-state index contributed by atoms with van der Waals surface area (Å²) in [4.78, 5) is 14.8. The summed E-state index contributed by atoms with van der Waals surface area (Å²) in [5.74, 6) is 2.19. The average molecular weight is 399 g/mol. The van der Waals surface area contributed by atoms with Crippen molar-refractivity contribution in [1.29, 1.82) is 0 Å². The molecule has 1 aliphatic rings. The molecule has 0 aromatic heterocycles. The van der Waals surface area contributed by atoms with Gasteiger partial charge >= 0.3 is 0 Å². The zero-order chi connectivity index (χ0) is 20.6. The second-order valence-electron chi connectivity index (χ2n) is 7.37. The van der Waals surface area contributed by atoms with Crippen molar-refractivity contribution in [3.05, 3.63) is 48.0 Å². The number of hydrogen-bond donors (Lipinski definition) is 1. The lowest BCUT2D eigenvalue weighted by molar-refractivity contribution is -0.117. The lowest BCUT2D eigenvalue weighted by Gasteiger charge is -2.31. The van der Waals surface area contributed by atoms with Gasteiger partial charge in [-0.2, -0.15) is 0 Å². The SMILES string of the molecule is COc1cc(NC(=O)CN2CCC(Cc3ccccc3)CC2)cc(OC)c1OC. The van der Waals surface area contributed by atoms with E-state index in [0.717, 1.165) is 32.4 Å². The molecule has 1 heterocycles. The van der Waals surface area contributed by atoms with Crippen molar-refractivity contribution in [2.75, 3.05) is 46.3 Å². The number of methoxy groups -OCH3 is 3. The van der Waals surface area contributed by atoms with Gasteiger partial charge in [-0.3, -0.25) is 9.69 Å². The van der Waals surface area contributed by atoms with Gasteiger partial charge in [0.1, 0.15) is 0 Å². The number of piperidine rings is 1. The first-order valence-electron chi connectivity index (χ1n) is 9.99. The number of rotatable bonds is 8. The highest BCUT2D eigenvalue weighted by Gasteiger charge is 2.21. The summed E-state index contributed by atoms with van der Waals surface area (Å²) in [6.07, 6.45) is 3.35. The molecule has 6 heteroatoms. The number of carbonyl (C=O) groups excluding carboxylic acids is 1. The molecular formula is C23H30N2O4. The van der Waals surface area contributed by atoms with Crippen LogP contribution >= 0.6 is 0 Å². The lowest BCUT2D eigenvalue weighted by Crippen LogP contribution is -2.39. The molecule has 2 aromatic rings. The van der Waals surface area contributed by atoms with E-state index in [1.165, 1.54) is 5.56 Å². The first-order valence-corrected chi connectivity index (χ1v) is 9.99. The van der Waals surface area contributed by atoms with E-state index in [2.05, 4.69) is 40.5 Å². The maximum Gasteiger partial charge on any atom is 0.238 e. The molecule has 0 unspecified atom stereocenters. The fourth-order valence-electron chi connectivity index (χ4n) is 3.85. The van der Waals surface area contributed by atoms with E-state index in [1.54, 1.807) is 33.5 Å². The van der Waals surface area contributed by atoms with E-state index in [-0.39, 0.29) is 5.91 Å². The monoisotopic (exact) mass is 398 g/mol. The van der Waals surface area contributed by atoms with Crippen LogP contribution in [0.3, 0.4) is 0 Å². The second kappa shape index (κ2) is 10.2. The summed E-state index contributed by atoms with van der Waals surface area (Å²) in [5.41, 5.74) is 2.02. The number of nitrogens with one attached hydrogen (secondary N) is 1. The topological polar surface area (TPSA) is 60.0 Å². The van der Waals surface area contributed by atoms with Crippen LogP contribution in [-0.2, 0) is 11.2 Å². The largest absolute Gasteiger partial charge is 0.493 e. The van der Waals surface area contributed by atoms with Crippen LogP contribution in [0.4, 0.5) is 5.69 Å². The van der Waals surface area contributed by atoms with Crippen LogP contribution < -0.4 is 19.5 Å². The van der Waals surface area contributed by atoms with Gasteiger partial charge in [-0.1, -0.05) is 30.3 Å². The molecule has 1 fully saturated rings. The quantitative estimate of drug-likeness (QED) is 0.736. The molecule has 29 heavy (non-hydrogen) atoms. The van der Waals surface area contributed by atoms with Crippen LogP contribution in [0, 0.1) is 5.92 Å². The molecule has 6 nitrogen and oxygen atoms in total. The maximum absolute atomic E-state index is 12.5. The zero-order valence-corrected chi connectivity index (χ0v) is 17.4. The molecule has 0 bridgehead atoms. The van der Waals surface area contributed by atoms with Gasteiger partial charge in [0, 0.05) is 17.8 Å². The van der Waals surface area contributed by atoms with Gasteiger partial charge in [-0.15, -0.1) is 0 Å². The fourth-order valence-corrected chi connectivity index (χ4v) is 3.85. The molecule has 156 valence electrons. The molecule has 2 aromatic carbocycles. The number of likely N-dealkylation sites (tertiary alicyclic amines) is 1. The molecule has 0 radical (unpaired) electrons. The van der Waals surface area contributed by atoms with Gasteiger partial charge < -0.3 is 19.5 Å². The molecule has 1 saturated heterocycles. The van der Waals surface area contributed by atoms with Crippen LogP contribution in [0.15, 0.2) is 42.5 Å². The third kappa shape index (κ3) is 5.64.